The Morgan fingerprint density at radius 3 is 1.84 bits per heavy atom. The molecule has 5 rings (SSSR count). The first-order valence-electron chi connectivity index (χ1n) is 13.5. The number of hydrogen-bond acceptors (Lipinski definition) is 3. The van der Waals surface area contributed by atoms with Crippen LogP contribution in [0, 0.1) is 0 Å². The number of benzene rings is 5. The minimum Gasteiger partial charge on any atom is -0.508 e. The third kappa shape index (κ3) is 8.87. The molecule has 9 heteroatoms. The van der Waals surface area contributed by atoms with Gasteiger partial charge in [-0.2, -0.15) is 26.3 Å². The van der Waals surface area contributed by atoms with Gasteiger partial charge in [0.05, 0.1) is 11.1 Å². The SMILES string of the molecule is OC(c1cccc(C(F)(F)F)c1)c1ccccc1OCc1ccccc1.Oc1ccccc1Cc1cccc(C(F)(F)F)c1. The maximum atomic E-state index is 12.9. The zero-order chi connectivity index (χ0) is 31.7. The van der Waals surface area contributed by atoms with Crippen molar-refractivity contribution in [3.63, 3.8) is 0 Å². The molecule has 0 spiro atoms. The molecule has 3 nitrogen and oxygen atoms in total. The first kappa shape index (κ1) is 32.2. The van der Waals surface area contributed by atoms with E-state index in [1.54, 1.807) is 48.5 Å². The van der Waals surface area contributed by atoms with Gasteiger partial charge in [-0.3, -0.25) is 0 Å². The molecule has 0 aliphatic heterocycles. The Balaban J connectivity index is 0.000000215. The van der Waals surface area contributed by atoms with E-state index in [2.05, 4.69) is 0 Å². The fourth-order valence-corrected chi connectivity index (χ4v) is 4.38. The van der Waals surface area contributed by atoms with Crippen LogP contribution in [0.15, 0.2) is 127 Å². The van der Waals surface area contributed by atoms with Gasteiger partial charge in [-0.15, -0.1) is 0 Å². The number of para-hydroxylation sites is 2. The van der Waals surface area contributed by atoms with E-state index in [9.17, 15) is 36.6 Å². The van der Waals surface area contributed by atoms with Crippen molar-refractivity contribution in [1.29, 1.82) is 0 Å². The van der Waals surface area contributed by atoms with Crippen molar-refractivity contribution in [2.45, 2.75) is 31.5 Å². The van der Waals surface area contributed by atoms with Crippen LogP contribution < -0.4 is 4.74 Å². The van der Waals surface area contributed by atoms with Crippen molar-refractivity contribution in [1.82, 2.24) is 0 Å². The average molecular weight is 611 g/mol. The number of ether oxygens (including phenoxy) is 1. The molecule has 1 unspecified atom stereocenters. The van der Waals surface area contributed by atoms with Crippen LogP contribution in [0.1, 0.15) is 45.0 Å². The van der Waals surface area contributed by atoms with Crippen LogP contribution in [0.25, 0.3) is 0 Å². The summed E-state index contributed by atoms with van der Waals surface area (Å²) in [7, 11) is 0. The summed E-state index contributed by atoms with van der Waals surface area (Å²) >= 11 is 0. The smallest absolute Gasteiger partial charge is 0.416 e. The molecule has 0 saturated heterocycles. The van der Waals surface area contributed by atoms with Gasteiger partial charge in [0.1, 0.15) is 24.2 Å². The number of rotatable bonds is 7. The quantitative estimate of drug-likeness (QED) is 0.181. The number of phenols is 1. The fourth-order valence-electron chi connectivity index (χ4n) is 4.38. The lowest BCUT2D eigenvalue weighted by atomic mass is 9.99. The van der Waals surface area contributed by atoms with Crippen LogP contribution in [0.3, 0.4) is 0 Å². The molecule has 0 aromatic heterocycles. The molecule has 0 fully saturated rings. The number of hydrogen-bond donors (Lipinski definition) is 2. The largest absolute Gasteiger partial charge is 0.508 e. The number of halogens is 6. The zero-order valence-corrected chi connectivity index (χ0v) is 23.2. The van der Waals surface area contributed by atoms with Crippen molar-refractivity contribution in [3.8, 4) is 11.5 Å². The molecule has 2 N–H and O–H groups in total. The second-order valence-electron chi connectivity index (χ2n) is 9.84. The predicted octanol–water partition coefficient (Wildman–Crippen LogP) is 9.37. The predicted molar refractivity (Wildman–Crippen MR) is 155 cm³/mol. The van der Waals surface area contributed by atoms with Gasteiger partial charge >= 0.3 is 12.4 Å². The lowest BCUT2D eigenvalue weighted by molar-refractivity contribution is -0.138. The van der Waals surface area contributed by atoms with Gasteiger partial charge in [0, 0.05) is 12.0 Å². The molecule has 5 aromatic rings. The molecule has 0 heterocycles. The Kier molecular flexibility index (Phi) is 10.3. The summed E-state index contributed by atoms with van der Waals surface area (Å²) in [5.41, 5.74) is 1.20. The van der Waals surface area contributed by atoms with Crippen molar-refractivity contribution in [2.75, 3.05) is 0 Å². The van der Waals surface area contributed by atoms with Gasteiger partial charge in [-0.1, -0.05) is 97.1 Å². The molecule has 0 amide bonds. The van der Waals surface area contributed by atoms with E-state index in [0.717, 1.165) is 29.8 Å². The number of alkyl halides is 6. The van der Waals surface area contributed by atoms with Gasteiger partial charge in [0.15, 0.2) is 0 Å². The molecular weight excluding hydrogens is 582 g/mol. The highest BCUT2D eigenvalue weighted by molar-refractivity contribution is 5.42. The van der Waals surface area contributed by atoms with Crippen LogP contribution in [-0.4, -0.2) is 10.2 Å². The van der Waals surface area contributed by atoms with E-state index in [1.807, 2.05) is 30.3 Å². The van der Waals surface area contributed by atoms with Crippen LogP contribution >= 0.6 is 0 Å². The van der Waals surface area contributed by atoms with E-state index in [0.29, 0.717) is 29.0 Å². The van der Waals surface area contributed by atoms with Gasteiger partial charge in [-0.25, -0.2) is 0 Å². The summed E-state index contributed by atoms with van der Waals surface area (Å²) in [6.07, 6.45) is -9.74. The summed E-state index contributed by atoms with van der Waals surface area (Å²) in [5, 5.41) is 20.2. The van der Waals surface area contributed by atoms with Crippen molar-refractivity contribution in [2.24, 2.45) is 0 Å². The van der Waals surface area contributed by atoms with E-state index >= 15 is 0 Å². The monoisotopic (exact) mass is 610 g/mol. The first-order chi connectivity index (χ1) is 20.9. The lowest BCUT2D eigenvalue weighted by Crippen LogP contribution is -2.08. The Hall–Kier alpha value is -4.76. The summed E-state index contributed by atoms with van der Waals surface area (Å²) in [6.45, 7) is 0.299. The van der Waals surface area contributed by atoms with Gasteiger partial charge < -0.3 is 14.9 Å². The lowest BCUT2D eigenvalue weighted by Gasteiger charge is -2.18. The van der Waals surface area contributed by atoms with Crippen LogP contribution in [0.2, 0.25) is 0 Å². The van der Waals surface area contributed by atoms with E-state index in [1.165, 1.54) is 24.3 Å². The molecule has 1 atom stereocenters. The van der Waals surface area contributed by atoms with Crippen molar-refractivity contribution < 1.29 is 41.3 Å². The highest BCUT2D eigenvalue weighted by Gasteiger charge is 2.31. The summed E-state index contributed by atoms with van der Waals surface area (Å²) in [5.74, 6) is 0.524. The Morgan fingerprint density at radius 2 is 1.16 bits per heavy atom. The zero-order valence-electron chi connectivity index (χ0n) is 23.2. The summed E-state index contributed by atoms with van der Waals surface area (Å²) < 4.78 is 82.1. The fraction of sp³-hybridized carbons (Fsp3) is 0.143. The van der Waals surface area contributed by atoms with Crippen LogP contribution in [0.4, 0.5) is 26.3 Å². The summed E-state index contributed by atoms with van der Waals surface area (Å²) in [6, 6.07) is 32.7. The molecule has 0 radical (unpaired) electrons. The molecule has 0 aliphatic carbocycles. The maximum absolute atomic E-state index is 12.9. The number of aromatic hydroxyl groups is 1. The second-order valence-corrected chi connectivity index (χ2v) is 9.84. The molecule has 0 saturated carbocycles. The number of aliphatic hydroxyl groups is 1. The Morgan fingerprint density at radius 1 is 0.591 bits per heavy atom. The van der Waals surface area contributed by atoms with E-state index < -0.39 is 29.6 Å². The van der Waals surface area contributed by atoms with E-state index in [4.69, 9.17) is 4.74 Å². The van der Waals surface area contributed by atoms with Crippen LogP contribution in [0.5, 0.6) is 11.5 Å². The Labute approximate surface area is 250 Å². The van der Waals surface area contributed by atoms with Gasteiger partial charge in [0.2, 0.25) is 0 Å². The molecule has 5 aromatic carbocycles. The third-order valence-electron chi connectivity index (χ3n) is 6.62. The van der Waals surface area contributed by atoms with Crippen molar-refractivity contribution in [3.05, 3.63) is 166 Å². The average Bonchev–Trinajstić information content (AvgIpc) is 3.01. The summed E-state index contributed by atoms with van der Waals surface area (Å²) in [4.78, 5) is 0. The maximum Gasteiger partial charge on any atom is 0.416 e. The normalized spacial score (nSPS) is 12.2. The van der Waals surface area contributed by atoms with E-state index in [-0.39, 0.29) is 17.7 Å². The first-order valence-corrected chi connectivity index (χ1v) is 13.5. The molecule has 44 heavy (non-hydrogen) atoms. The molecule has 228 valence electrons. The highest BCUT2D eigenvalue weighted by Crippen LogP contribution is 2.35. The Bertz CT molecular complexity index is 1650. The minimum atomic E-state index is -4.46. The second kappa shape index (κ2) is 14.1. The van der Waals surface area contributed by atoms with Crippen molar-refractivity contribution >= 4 is 0 Å². The molecular formula is C35H28F6O3. The molecule has 0 aliphatic rings. The molecule has 0 bridgehead atoms. The standard InChI is InChI=1S/C21H17F3O2.C14H11F3O/c22-21(23,24)17-10-6-9-16(13-17)20(25)18-11-4-5-12-19(18)26-14-15-7-2-1-3-8-15;15-14(16,17)12-6-3-4-10(9-12)8-11-5-1-2-7-13(11)18/h1-13,20,25H,14H2;1-7,9,18H,8H2. The van der Waals surface area contributed by atoms with Gasteiger partial charge in [0.25, 0.3) is 0 Å². The highest BCUT2D eigenvalue weighted by atomic mass is 19.4. The number of phenolic OH excluding ortho intramolecular Hbond substituents is 1. The van der Waals surface area contributed by atoms with Gasteiger partial charge in [-0.05, 0) is 52.6 Å². The van der Waals surface area contributed by atoms with Crippen LogP contribution in [-0.2, 0) is 25.4 Å². The topological polar surface area (TPSA) is 49.7 Å². The number of aliphatic hydroxyl groups excluding tert-OH is 1. The minimum absolute atomic E-state index is 0.0925. The third-order valence-corrected chi connectivity index (χ3v) is 6.62.